The zero-order valence-electron chi connectivity index (χ0n) is 15.5. The molecule has 2 aromatic carbocycles. The molecule has 0 fully saturated rings. The molecule has 0 atom stereocenters. The number of rotatable bonds is 4. The van der Waals surface area contributed by atoms with Crippen molar-refractivity contribution in [2.75, 3.05) is 0 Å². The summed E-state index contributed by atoms with van der Waals surface area (Å²) >= 11 is 0. The molecule has 28 heavy (non-hydrogen) atoms. The van der Waals surface area contributed by atoms with Crippen LogP contribution in [0.1, 0.15) is 11.1 Å². The second-order valence-electron chi connectivity index (χ2n) is 6.80. The number of nitrogens with zero attached hydrogens (tertiary/aromatic N) is 4. The first-order valence-corrected chi connectivity index (χ1v) is 8.79. The number of benzene rings is 2. The van der Waals surface area contributed by atoms with Crippen LogP contribution < -0.4 is 5.56 Å². The van der Waals surface area contributed by atoms with E-state index in [1.54, 1.807) is 30.9 Å². The quantitative estimate of drug-likeness (QED) is 0.403. The SMILES string of the molecule is Cc1cc(-c2cc([N+](=O)[O-])c3cnn(Cc4ccccc4)c3c2)cn(C)c1=O. The predicted octanol–water partition coefficient (Wildman–Crippen LogP) is 3.67. The molecule has 0 aliphatic rings. The van der Waals surface area contributed by atoms with Crippen molar-refractivity contribution in [3.8, 4) is 11.1 Å². The molecule has 4 rings (SSSR count). The third-order valence-corrected chi connectivity index (χ3v) is 4.81. The van der Waals surface area contributed by atoms with Gasteiger partial charge in [0.25, 0.3) is 11.2 Å². The van der Waals surface area contributed by atoms with E-state index in [0.29, 0.717) is 28.6 Å². The van der Waals surface area contributed by atoms with Gasteiger partial charge in [-0.05, 0) is 35.7 Å². The van der Waals surface area contributed by atoms with Crippen LogP contribution in [0.2, 0.25) is 0 Å². The Morgan fingerprint density at radius 1 is 1.11 bits per heavy atom. The van der Waals surface area contributed by atoms with Crippen LogP contribution in [0.15, 0.2) is 65.7 Å². The predicted molar refractivity (Wildman–Crippen MR) is 107 cm³/mol. The first kappa shape index (κ1) is 17.7. The van der Waals surface area contributed by atoms with Gasteiger partial charge < -0.3 is 4.57 Å². The van der Waals surface area contributed by atoms with Crippen molar-refractivity contribution in [1.29, 1.82) is 0 Å². The van der Waals surface area contributed by atoms with E-state index in [1.165, 1.54) is 16.8 Å². The molecular weight excluding hydrogens is 356 g/mol. The smallest absolute Gasteiger partial charge is 0.281 e. The van der Waals surface area contributed by atoms with Crippen LogP contribution in [0.3, 0.4) is 0 Å². The summed E-state index contributed by atoms with van der Waals surface area (Å²) in [6, 6.07) is 15.0. The number of pyridine rings is 1. The van der Waals surface area contributed by atoms with E-state index >= 15 is 0 Å². The molecule has 7 heteroatoms. The van der Waals surface area contributed by atoms with Crippen molar-refractivity contribution in [3.05, 3.63) is 92.5 Å². The molecule has 2 aromatic heterocycles. The molecule has 0 aliphatic heterocycles. The maximum absolute atomic E-state index is 12.0. The van der Waals surface area contributed by atoms with Gasteiger partial charge in [0, 0.05) is 24.9 Å². The molecular formula is C21H18N4O3. The average molecular weight is 374 g/mol. The van der Waals surface area contributed by atoms with E-state index in [0.717, 1.165) is 11.1 Å². The van der Waals surface area contributed by atoms with Crippen molar-refractivity contribution in [1.82, 2.24) is 14.3 Å². The van der Waals surface area contributed by atoms with Crippen LogP contribution in [0, 0.1) is 17.0 Å². The summed E-state index contributed by atoms with van der Waals surface area (Å²) in [6.07, 6.45) is 3.23. The van der Waals surface area contributed by atoms with Crippen molar-refractivity contribution in [2.24, 2.45) is 7.05 Å². The largest absolute Gasteiger partial charge is 0.318 e. The van der Waals surface area contributed by atoms with Gasteiger partial charge in [-0.25, -0.2) is 0 Å². The van der Waals surface area contributed by atoms with Crippen LogP contribution in [-0.2, 0) is 13.6 Å². The Kier molecular flexibility index (Phi) is 4.27. The summed E-state index contributed by atoms with van der Waals surface area (Å²) in [5.74, 6) is 0. The van der Waals surface area contributed by atoms with Gasteiger partial charge in [-0.2, -0.15) is 5.10 Å². The third-order valence-electron chi connectivity index (χ3n) is 4.81. The minimum atomic E-state index is -0.394. The fourth-order valence-corrected chi connectivity index (χ4v) is 3.39. The normalized spacial score (nSPS) is 11.1. The average Bonchev–Trinajstić information content (AvgIpc) is 3.08. The van der Waals surface area contributed by atoms with Gasteiger partial charge in [-0.15, -0.1) is 0 Å². The lowest BCUT2D eigenvalue weighted by Gasteiger charge is -2.09. The lowest BCUT2D eigenvalue weighted by molar-refractivity contribution is -0.383. The second-order valence-corrected chi connectivity index (χ2v) is 6.80. The van der Waals surface area contributed by atoms with Crippen LogP contribution >= 0.6 is 0 Å². The summed E-state index contributed by atoms with van der Waals surface area (Å²) < 4.78 is 3.25. The molecule has 140 valence electrons. The Morgan fingerprint density at radius 3 is 2.54 bits per heavy atom. The minimum Gasteiger partial charge on any atom is -0.318 e. The standard InChI is InChI=1S/C21H18N4O3/c1-14-8-17(13-23(2)21(14)26)16-9-19-18(20(10-16)25(27)28)11-22-24(19)12-15-6-4-3-5-7-15/h3-11,13H,12H2,1-2H3. The molecule has 0 saturated carbocycles. The Bertz CT molecular complexity index is 1230. The minimum absolute atomic E-state index is 0.00156. The Hall–Kier alpha value is -3.74. The number of hydrogen-bond donors (Lipinski definition) is 0. The van der Waals surface area contributed by atoms with Crippen LogP contribution in [0.4, 0.5) is 5.69 Å². The first-order valence-electron chi connectivity index (χ1n) is 8.79. The number of nitro groups is 1. The van der Waals surface area contributed by atoms with Crippen molar-refractivity contribution in [3.63, 3.8) is 0 Å². The fraction of sp³-hybridized carbons (Fsp3) is 0.143. The van der Waals surface area contributed by atoms with Gasteiger partial charge >= 0.3 is 0 Å². The Morgan fingerprint density at radius 2 is 1.86 bits per heavy atom. The van der Waals surface area contributed by atoms with E-state index in [2.05, 4.69) is 5.10 Å². The van der Waals surface area contributed by atoms with Gasteiger partial charge in [0.2, 0.25) is 0 Å². The van der Waals surface area contributed by atoms with Crippen LogP contribution in [-0.4, -0.2) is 19.3 Å². The first-order chi connectivity index (χ1) is 13.4. The summed E-state index contributed by atoms with van der Waals surface area (Å²) in [4.78, 5) is 23.3. The van der Waals surface area contributed by atoms with E-state index in [9.17, 15) is 14.9 Å². The maximum Gasteiger partial charge on any atom is 0.281 e. The molecule has 0 spiro atoms. The molecule has 0 saturated heterocycles. The zero-order chi connectivity index (χ0) is 19.8. The number of non-ortho nitro benzene ring substituents is 1. The molecule has 0 bridgehead atoms. The molecule has 0 N–H and O–H groups in total. The van der Waals surface area contributed by atoms with Crippen molar-refractivity contribution >= 4 is 16.6 Å². The van der Waals surface area contributed by atoms with Gasteiger partial charge in [-0.3, -0.25) is 19.6 Å². The van der Waals surface area contributed by atoms with E-state index in [1.807, 2.05) is 36.4 Å². The molecule has 0 aliphatic carbocycles. The second kappa shape index (κ2) is 6.77. The van der Waals surface area contributed by atoms with E-state index < -0.39 is 4.92 Å². The highest BCUT2D eigenvalue weighted by Crippen LogP contribution is 2.32. The number of nitro benzene ring substituents is 1. The highest BCUT2D eigenvalue weighted by Gasteiger charge is 2.19. The highest BCUT2D eigenvalue weighted by molar-refractivity contribution is 5.92. The fourth-order valence-electron chi connectivity index (χ4n) is 3.39. The van der Waals surface area contributed by atoms with Gasteiger partial charge in [0.05, 0.1) is 28.6 Å². The maximum atomic E-state index is 12.0. The summed E-state index contributed by atoms with van der Waals surface area (Å²) in [5, 5.41) is 16.5. The van der Waals surface area contributed by atoms with Gasteiger partial charge in [0.1, 0.15) is 0 Å². The molecule has 7 nitrogen and oxygen atoms in total. The lowest BCUT2D eigenvalue weighted by Crippen LogP contribution is -2.18. The van der Waals surface area contributed by atoms with Gasteiger partial charge in [-0.1, -0.05) is 30.3 Å². The van der Waals surface area contributed by atoms with Crippen LogP contribution in [0.5, 0.6) is 0 Å². The molecule has 0 radical (unpaired) electrons. The number of aryl methyl sites for hydroxylation is 2. The zero-order valence-corrected chi connectivity index (χ0v) is 15.5. The van der Waals surface area contributed by atoms with Crippen molar-refractivity contribution < 1.29 is 4.92 Å². The molecule has 0 unspecified atom stereocenters. The van der Waals surface area contributed by atoms with E-state index in [4.69, 9.17) is 0 Å². The topological polar surface area (TPSA) is 83.0 Å². The molecule has 0 amide bonds. The Labute approximate surface area is 160 Å². The summed E-state index contributed by atoms with van der Waals surface area (Å²) in [5.41, 5.74) is 3.65. The number of hydrogen-bond acceptors (Lipinski definition) is 4. The van der Waals surface area contributed by atoms with Crippen molar-refractivity contribution in [2.45, 2.75) is 13.5 Å². The highest BCUT2D eigenvalue weighted by atomic mass is 16.6. The molecule has 4 aromatic rings. The van der Waals surface area contributed by atoms with Crippen LogP contribution in [0.25, 0.3) is 22.0 Å². The van der Waals surface area contributed by atoms with Gasteiger partial charge in [0.15, 0.2) is 0 Å². The number of fused-ring (bicyclic) bond motifs is 1. The number of aromatic nitrogens is 3. The third kappa shape index (κ3) is 3.07. The summed E-state index contributed by atoms with van der Waals surface area (Å²) in [7, 11) is 1.67. The van der Waals surface area contributed by atoms with E-state index in [-0.39, 0.29) is 11.2 Å². The summed E-state index contributed by atoms with van der Waals surface area (Å²) in [6.45, 7) is 2.25. The Balaban J connectivity index is 1.92. The lowest BCUT2D eigenvalue weighted by atomic mass is 10.0. The monoisotopic (exact) mass is 374 g/mol. The molecule has 2 heterocycles.